The first-order valence-corrected chi connectivity index (χ1v) is 4.81. The van der Waals surface area contributed by atoms with E-state index >= 15 is 0 Å². The molecule has 0 aromatic rings. The van der Waals surface area contributed by atoms with Crippen molar-refractivity contribution in [2.24, 2.45) is 5.92 Å². The lowest BCUT2D eigenvalue weighted by atomic mass is 9.80. The minimum absolute atomic E-state index is 0.318. The summed E-state index contributed by atoms with van der Waals surface area (Å²) in [5.74, 6) is -1.31. The second-order valence-electron chi connectivity index (χ2n) is 4.74. The molecule has 3 fully saturated rings. The van der Waals surface area contributed by atoms with Gasteiger partial charge in [0.1, 0.15) is 0 Å². The monoisotopic (exact) mass is 198 g/mol. The predicted molar refractivity (Wildman–Crippen MR) is 47.4 cm³/mol. The van der Waals surface area contributed by atoms with Crippen molar-refractivity contribution >= 4 is 11.9 Å². The molecule has 2 bridgehead atoms. The third-order valence-corrected chi connectivity index (χ3v) is 3.15. The SMILES string of the molecule is CC12CCC(C(=O)OC1=O)C(C)(C)O2. The molecule has 2 unspecified atom stereocenters. The summed E-state index contributed by atoms with van der Waals surface area (Å²) in [5, 5.41) is 0. The lowest BCUT2D eigenvalue weighted by molar-refractivity contribution is -0.192. The summed E-state index contributed by atoms with van der Waals surface area (Å²) >= 11 is 0. The number of hydrogen-bond acceptors (Lipinski definition) is 4. The van der Waals surface area contributed by atoms with Crippen LogP contribution in [0.25, 0.3) is 0 Å². The lowest BCUT2D eigenvalue weighted by Gasteiger charge is -2.41. The van der Waals surface area contributed by atoms with E-state index in [1.54, 1.807) is 6.92 Å². The molecular formula is C10H14O4. The topological polar surface area (TPSA) is 52.6 Å². The fourth-order valence-electron chi connectivity index (χ4n) is 2.29. The average molecular weight is 198 g/mol. The van der Waals surface area contributed by atoms with Crippen molar-refractivity contribution in [2.75, 3.05) is 0 Å². The number of hydrogen-bond donors (Lipinski definition) is 0. The van der Waals surface area contributed by atoms with Crippen molar-refractivity contribution < 1.29 is 19.1 Å². The first kappa shape index (κ1) is 9.65. The zero-order chi connectivity index (χ0) is 10.6. The first-order chi connectivity index (χ1) is 6.35. The second-order valence-corrected chi connectivity index (χ2v) is 4.74. The van der Waals surface area contributed by atoms with Crippen LogP contribution in [-0.4, -0.2) is 23.1 Å². The summed E-state index contributed by atoms with van der Waals surface area (Å²) < 4.78 is 10.4. The van der Waals surface area contributed by atoms with Gasteiger partial charge in [0.15, 0.2) is 5.60 Å². The molecule has 0 amide bonds. The molecule has 2 atom stereocenters. The van der Waals surface area contributed by atoms with Crippen LogP contribution in [0.5, 0.6) is 0 Å². The van der Waals surface area contributed by atoms with E-state index in [0.717, 1.165) is 0 Å². The van der Waals surface area contributed by atoms with E-state index in [9.17, 15) is 9.59 Å². The van der Waals surface area contributed by atoms with E-state index < -0.39 is 23.1 Å². The van der Waals surface area contributed by atoms with Crippen LogP contribution in [0.3, 0.4) is 0 Å². The van der Waals surface area contributed by atoms with Crippen LogP contribution < -0.4 is 0 Å². The van der Waals surface area contributed by atoms with Crippen molar-refractivity contribution in [3.63, 3.8) is 0 Å². The van der Waals surface area contributed by atoms with Gasteiger partial charge in [-0.15, -0.1) is 0 Å². The zero-order valence-corrected chi connectivity index (χ0v) is 8.62. The highest BCUT2D eigenvalue weighted by atomic mass is 16.6. The Morgan fingerprint density at radius 3 is 2.50 bits per heavy atom. The molecule has 14 heavy (non-hydrogen) atoms. The molecule has 3 saturated heterocycles. The molecule has 78 valence electrons. The van der Waals surface area contributed by atoms with Crippen LogP contribution in [0.4, 0.5) is 0 Å². The van der Waals surface area contributed by atoms with Gasteiger partial charge in [-0.3, -0.25) is 4.79 Å². The molecule has 4 heteroatoms. The van der Waals surface area contributed by atoms with Gasteiger partial charge in [0, 0.05) is 0 Å². The number of fused-ring (bicyclic) bond motifs is 4. The van der Waals surface area contributed by atoms with E-state index in [1.165, 1.54) is 0 Å². The Morgan fingerprint density at radius 2 is 1.93 bits per heavy atom. The van der Waals surface area contributed by atoms with Crippen molar-refractivity contribution in [3.8, 4) is 0 Å². The highest BCUT2D eigenvalue weighted by Crippen LogP contribution is 2.43. The van der Waals surface area contributed by atoms with Crippen LogP contribution >= 0.6 is 0 Å². The largest absolute Gasteiger partial charge is 0.391 e. The molecule has 3 aliphatic heterocycles. The molecule has 0 radical (unpaired) electrons. The normalized spacial score (nSPS) is 40.6. The molecule has 3 rings (SSSR count). The van der Waals surface area contributed by atoms with Crippen LogP contribution in [0.15, 0.2) is 0 Å². The lowest BCUT2D eigenvalue weighted by Crippen LogP contribution is -2.50. The minimum atomic E-state index is -0.938. The van der Waals surface area contributed by atoms with Crippen molar-refractivity contribution in [1.82, 2.24) is 0 Å². The molecule has 0 spiro atoms. The maximum Gasteiger partial charge on any atom is 0.345 e. The first-order valence-electron chi connectivity index (χ1n) is 4.81. The standard InChI is InChI=1S/C10H14O4/c1-9(2)6-4-5-10(3,14-9)8(12)13-7(6)11/h6H,4-5H2,1-3H3. The summed E-state index contributed by atoms with van der Waals surface area (Å²) in [5.41, 5.74) is -1.54. The zero-order valence-electron chi connectivity index (χ0n) is 8.62. The molecule has 0 N–H and O–H groups in total. The van der Waals surface area contributed by atoms with Crippen molar-refractivity contribution in [2.45, 2.75) is 44.8 Å². The van der Waals surface area contributed by atoms with Gasteiger partial charge in [-0.2, -0.15) is 0 Å². The number of carbonyl (C=O) groups is 2. The van der Waals surface area contributed by atoms with Gasteiger partial charge in [0.2, 0.25) is 0 Å². The van der Waals surface area contributed by atoms with Gasteiger partial charge < -0.3 is 9.47 Å². The van der Waals surface area contributed by atoms with Crippen LogP contribution in [0.2, 0.25) is 0 Å². The molecule has 3 heterocycles. The van der Waals surface area contributed by atoms with E-state index in [0.29, 0.717) is 12.8 Å². The molecule has 3 aliphatic rings. The van der Waals surface area contributed by atoms with E-state index in [4.69, 9.17) is 9.47 Å². The smallest absolute Gasteiger partial charge is 0.345 e. The fraction of sp³-hybridized carbons (Fsp3) is 0.800. The van der Waals surface area contributed by atoms with E-state index in [-0.39, 0.29) is 5.92 Å². The number of ether oxygens (including phenoxy) is 2. The molecule has 0 saturated carbocycles. The highest BCUT2D eigenvalue weighted by Gasteiger charge is 2.55. The summed E-state index contributed by atoms with van der Waals surface area (Å²) in [7, 11) is 0. The van der Waals surface area contributed by atoms with Gasteiger partial charge in [-0.05, 0) is 33.6 Å². The molecule has 0 aliphatic carbocycles. The summed E-state index contributed by atoms with van der Waals surface area (Å²) in [6, 6.07) is 0. The molecule has 4 nitrogen and oxygen atoms in total. The molecule has 0 aromatic heterocycles. The Hall–Kier alpha value is -0.900. The summed E-state index contributed by atoms with van der Waals surface area (Å²) in [6.45, 7) is 5.34. The molecule has 0 aromatic carbocycles. The van der Waals surface area contributed by atoms with Gasteiger partial charge in [-0.25, -0.2) is 4.79 Å². The van der Waals surface area contributed by atoms with Crippen molar-refractivity contribution in [1.29, 1.82) is 0 Å². The van der Waals surface area contributed by atoms with Gasteiger partial charge in [0.25, 0.3) is 0 Å². The average Bonchev–Trinajstić information content (AvgIpc) is 2.13. The van der Waals surface area contributed by atoms with Gasteiger partial charge in [-0.1, -0.05) is 0 Å². The quantitative estimate of drug-likeness (QED) is 0.431. The van der Waals surface area contributed by atoms with Crippen LogP contribution in [-0.2, 0) is 19.1 Å². The third-order valence-electron chi connectivity index (χ3n) is 3.15. The maximum absolute atomic E-state index is 11.5. The number of carbonyl (C=O) groups excluding carboxylic acids is 2. The Morgan fingerprint density at radius 1 is 1.29 bits per heavy atom. The summed E-state index contributed by atoms with van der Waals surface area (Å²) in [6.07, 6.45) is 1.22. The number of rotatable bonds is 0. The second kappa shape index (κ2) is 2.57. The van der Waals surface area contributed by atoms with Crippen molar-refractivity contribution in [3.05, 3.63) is 0 Å². The van der Waals surface area contributed by atoms with Gasteiger partial charge >= 0.3 is 11.9 Å². The van der Waals surface area contributed by atoms with Gasteiger partial charge in [0.05, 0.1) is 11.5 Å². The maximum atomic E-state index is 11.5. The minimum Gasteiger partial charge on any atom is -0.391 e. The Balaban J connectivity index is 2.45. The molecular weight excluding hydrogens is 184 g/mol. The number of esters is 2. The summed E-state index contributed by atoms with van der Waals surface area (Å²) in [4.78, 5) is 23.0. The van der Waals surface area contributed by atoms with E-state index in [2.05, 4.69) is 0 Å². The Bertz CT molecular complexity index is 307. The van der Waals surface area contributed by atoms with E-state index in [1.807, 2.05) is 13.8 Å². The Labute approximate surface area is 82.6 Å². The Kier molecular flexibility index (Phi) is 1.77. The van der Waals surface area contributed by atoms with Crippen LogP contribution in [0.1, 0.15) is 33.6 Å². The highest BCUT2D eigenvalue weighted by molar-refractivity contribution is 5.93. The predicted octanol–water partition coefficient (Wildman–Crippen LogP) is 1.03. The van der Waals surface area contributed by atoms with Crippen LogP contribution in [0, 0.1) is 5.92 Å². The third kappa shape index (κ3) is 1.17. The fourth-order valence-corrected chi connectivity index (χ4v) is 2.29.